The molecule has 1 aliphatic rings. The minimum absolute atomic E-state index is 0.125. The number of hydrogen-bond donors (Lipinski definition) is 2. The number of nitrogens with zero attached hydrogens (tertiary/aromatic N) is 1. The standard InChI is InChI=1S/C12H11N3O5/c1-20-11(16)9-6-13-12(17)14-10(9)7-3-2-4-8(5-7)15(18)19/h2-6,10H,1H3,(H2,13,14,17). The van der Waals surface area contributed by atoms with Gasteiger partial charge in [-0.15, -0.1) is 0 Å². The number of non-ortho nitro benzene ring substituents is 1. The van der Waals surface area contributed by atoms with Crippen LogP contribution in [0.4, 0.5) is 10.5 Å². The first kappa shape index (κ1) is 13.5. The van der Waals surface area contributed by atoms with Gasteiger partial charge in [-0.2, -0.15) is 0 Å². The first-order valence-corrected chi connectivity index (χ1v) is 5.62. The molecule has 0 fully saturated rings. The summed E-state index contributed by atoms with van der Waals surface area (Å²) in [6, 6.07) is 4.39. The minimum Gasteiger partial charge on any atom is -0.466 e. The second-order valence-electron chi connectivity index (χ2n) is 3.99. The summed E-state index contributed by atoms with van der Waals surface area (Å²) in [4.78, 5) is 33.3. The van der Waals surface area contributed by atoms with Crippen LogP contribution >= 0.6 is 0 Å². The van der Waals surface area contributed by atoms with Crippen molar-refractivity contribution in [1.29, 1.82) is 0 Å². The van der Waals surface area contributed by atoms with Gasteiger partial charge < -0.3 is 15.4 Å². The lowest BCUT2D eigenvalue weighted by Crippen LogP contribution is -2.42. The van der Waals surface area contributed by atoms with Crippen LogP contribution in [0.15, 0.2) is 36.0 Å². The van der Waals surface area contributed by atoms with Crippen LogP contribution in [0, 0.1) is 10.1 Å². The number of carbonyl (C=O) groups excluding carboxylic acids is 2. The molecule has 1 aromatic rings. The van der Waals surface area contributed by atoms with Gasteiger partial charge in [0.25, 0.3) is 5.69 Å². The highest BCUT2D eigenvalue weighted by atomic mass is 16.6. The molecule has 2 N–H and O–H groups in total. The Morgan fingerprint density at radius 3 is 2.85 bits per heavy atom. The molecule has 8 heteroatoms. The summed E-state index contributed by atoms with van der Waals surface area (Å²) in [6.45, 7) is 0. The van der Waals surface area contributed by atoms with Gasteiger partial charge in [0.05, 0.1) is 23.6 Å². The third-order valence-corrected chi connectivity index (χ3v) is 2.78. The van der Waals surface area contributed by atoms with E-state index in [-0.39, 0.29) is 11.3 Å². The number of ether oxygens (including phenoxy) is 1. The zero-order chi connectivity index (χ0) is 14.7. The number of nitro groups is 1. The fourth-order valence-corrected chi connectivity index (χ4v) is 1.85. The lowest BCUT2D eigenvalue weighted by atomic mass is 9.98. The molecule has 0 spiro atoms. The SMILES string of the molecule is COC(=O)C1=CNC(=O)NC1c1cccc([N+](=O)[O-])c1. The summed E-state index contributed by atoms with van der Waals surface area (Å²) >= 11 is 0. The summed E-state index contributed by atoms with van der Waals surface area (Å²) < 4.78 is 4.62. The maximum atomic E-state index is 11.7. The number of hydrogen-bond acceptors (Lipinski definition) is 5. The molecule has 0 bridgehead atoms. The number of benzene rings is 1. The zero-order valence-electron chi connectivity index (χ0n) is 10.5. The number of rotatable bonds is 3. The number of amides is 2. The fraction of sp³-hybridized carbons (Fsp3) is 0.167. The largest absolute Gasteiger partial charge is 0.466 e. The normalized spacial score (nSPS) is 17.6. The lowest BCUT2D eigenvalue weighted by Gasteiger charge is -2.24. The molecule has 0 aliphatic carbocycles. The van der Waals surface area contributed by atoms with E-state index in [0.29, 0.717) is 5.56 Å². The van der Waals surface area contributed by atoms with E-state index in [1.54, 1.807) is 6.07 Å². The van der Waals surface area contributed by atoms with Gasteiger partial charge >= 0.3 is 12.0 Å². The molecule has 0 saturated heterocycles. The van der Waals surface area contributed by atoms with Gasteiger partial charge in [0.1, 0.15) is 0 Å². The second kappa shape index (κ2) is 5.39. The van der Waals surface area contributed by atoms with Crippen molar-refractivity contribution in [3.8, 4) is 0 Å². The van der Waals surface area contributed by atoms with Gasteiger partial charge in [0.2, 0.25) is 0 Å². The molecule has 1 heterocycles. The van der Waals surface area contributed by atoms with Crippen molar-refractivity contribution in [1.82, 2.24) is 10.6 Å². The Morgan fingerprint density at radius 1 is 1.45 bits per heavy atom. The monoisotopic (exact) mass is 277 g/mol. The Morgan fingerprint density at radius 2 is 2.20 bits per heavy atom. The first-order valence-electron chi connectivity index (χ1n) is 5.62. The van der Waals surface area contributed by atoms with Crippen LogP contribution in [0.1, 0.15) is 11.6 Å². The number of nitro benzene ring substituents is 1. The summed E-state index contributed by atoms with van der Waals surface area (Å²) in [5, 5.41) is 15.6. The molecule has 0 aromatic heterocycles. The van der Waals surface area contributed by atoms with Crippen molar-refractivity contribution >= 4 is 17.7 Å². The van der Waals surface area contributed by atoms with Crippen LogP contribution in [0.2, 0.25) is 0 Å². The van der Waals surface area contributed by atoms with Crippen LogP contribution in [0.25, 0.3) is 0 Å². The van der Waals surface area contributed by atoms with Gasteiger partial charge in [-0.05, 0) is 5.56 Å². The van der Waals surface area contributed by atoms with Gasteiger partial charge in [-0.3, -0.25) is 10.1 Å². The minimum atomic E-state index is -0.795. The lowest BCUT2D eigenvalue weighted by molar-refractivity contribution is -0.384. The molecule has 2 rings (SSSR count). The van der Waals surface area contributed by atoms with E-state index in [4.69, 9.17) is 0 Å². The number of nitrogens with one attached hydrogen (secondary N) is 2. The average molecular weight is 277 g/mol. The predicted molar refractivity (Wildman–Crippen MR) is 67.6 cm³/mol. The van der Waals surface area contributed by atoms with Crippen molar-refractivity contribution in [2.24, 2.45) is 0 Å². The van der Waals surface area contributed by atoms with Crippen molar-refractivity contribution in [2.75, 3.05) is 7.11 Å². The summed E-state index contributed by atoms with van der Waals surface area (Å²) in [5.74, 6) is -0.631. The maximum Gasteiger partial charge on any atom is 0.337 e. The number of esters is 1. The quantitative estimate of drug-likeness (QED) is 0.486. The number of urea groups is 1. The van der Waals surface area contributed by atoms with E-state index in [1.165, 1.54) is 31.5 Å². The molecular formula is C12H11N3O5. The van der Waals surface area contributed by atoms with E-state index >= 15 is 0 Å². The highest BCUT2D eigenvalue weighted by Gasteiger charge is 2.29. The Hall–Kier alpha value is -2.90. The summed E-state index contributed by atoms with van der Waals surface area (Å²) in [6.07, 6.45) is 1.23. The maximum absolute atomic E-state index is 11.7. The Labute approximate surface area is 113 Å². The average Bonchev–Trinajstić information content (AvgIpc) is 2.46. The molecule has 1 aliphatic heterocycles. The van der Waals surface area contributed by atoms with Gasteiger partial charge in [-0.25, -0.2) is 9.59 Å². The molecular weight excluding hydrogens is 266 g/mol. The Bertz CT molecular complexity index is 611. The Kier molecular flexibility index (Phi) is 3.65. The third-order valence-electron chi connectivity index (χ3n) is 2.78. The zero-order valence-corrected chi connectivity index (χ0v) is 10.5. The third kappa shape index (κ3) is 2.58. The van der Waals surface area contributed by atoms with Crippen molar-refractivity contribution < 1.29 is 19.2 Å². The van der Waals surface area contributed by atoms with E-state index < -0.39 is 23.0 Å². The van der Waals surface area contributed by atoms with Crippen molar-refractivity contribution in [3.63, 3.8) is 0 Å². The molecule has 1 unspecified atom stereocenters. The van der Waals surface area contributed by atoms with Gasteiger partial charge in [0.15, 0.2) is 0 Å². The first-order chi connectivity index (χ1) is 9.52. The molecule has 2 amide bonds. The molecule has 0 radical (unpaired) electrons. The van der Waals surface area contributed by atoms with Gasteiger partial charge in [0, 0.05) is 18.3 Å². The predicted octanol–water partition coefficient (Wildman–Crippen LogP) is 1.01. The van der Waals surface area contributed by atoms with Gasteiger partial charge in [-0.1, -0.05) is 12.1 Å². The molecule has 0 saturated carbocycles. The van der Waals surface area contributed by atoms with Crippen molar-refractivity contribution in [3.05, 3.63) is 51.7 Å². The van der Waals surface area contributed by atoms with Crippen LogP contribution in [0.5, 0.6) is 0 Å². The highest BCUT2D eigenvalue weighted by Crippen LogP contribution is 2.26. The molecule has 8 nitrogen and oxygen atoms in total. The van der Waals surface area contributed by atoms with Crippen LogP contribution in [-0.4, -0.2) is 24.0 Å². The number of carbonyl (C=O) groups is 2. The van der Waals surface area contributed by atoms with E-state index in [1.807, 2.05) is 0 Å². The van der Waals surface area contributed by atoms with Crippen LogP contribution in [0.3, 0.4) is 0 Å². The fourth-order valence-electron chi connectivity index (χ4n) is 1.85. The molecule has 104 valence electrons. The van der Waals surface area contributed by atoms with Crippen LogP contribution in [-0.2, 0) is 9.53 Å². The van der Waals surface area contributed by atoms with E-state index in [9.17, 15) is 19.7 Å². The van der Waals surface area contributed by atoms with Crippen LogP contribution < -0.4 is 10.6 Å². The summed E-state index contributed by atoms with van der Waals surface area (Å²) in [7, 11) is 1.21. The molecule has 1 atom stereocenters. The highest BCUT2D eigenvalue weighted by molar-refractivity contribution is 5.93. The smallest absolute Gasteiger partial charge is 0.337 e. The summed E-state index contributed by atoms with van der Waals surface area (Å²) in [5.41, 5.74) is 0.456. The topological polar surface area (TPSA) is 111 Å². The van der Waals surface area contributed by atoms with E-state index in [0.717, 1.165) is 0 Å². The van der Waals surface area contributed by atoms with E-state index in [2.05, 4.69) is 15.4 Å². The second-order valence-corrected chi connectivity index (χ2v) is 3.99. The Balaban J connectivity index is 2.42. The molecule has 20 heavy (non-hydrogen) atoms. The number of methoxy groups -OCH3 is 1. The molecule has 1 aromatic carbocycles. The van der Waals surface area contributed by atoms with Crippen molar-refractivity contribution in [2.45, 2.75) is 6.04 Å².